The first-order valence-electron chi connectivity index (χ1n) is 11.5. The molecule has 0 aliphatic heterocycles. The summed E-state index contributed by atoms with van der Waals surface area (Å²) < 4.78 is 56.2. The zero-order valence-corrected chi connectivity index (χ0v) is 20.6. The summed E-state index contributed by atoms with van der Waals surface area (Å²) >= 11 is 6.07. The number of nitrogens with zero attached hydrogens (tertiary/aromatic N) is 3. The number of pyridine rings is 1. The second-order valence-electron chi connectivity index (χ2n) is 8.81. The van der Waals surface area contributed by atoms with Crippen molar-refractivity contribution >= 4 is 34.3 Å². The molecule has 3 aromatic carbocycles. The van der Waals surface area contributed by atoms with Crippen molar-refractivity contribution in [3.8, 4) is 0 Å². The van der Waals surface area contributed by atoms with Gasteiger partial charge in [0.2, 0.25) is 5.95 Å². The average Bonchev–Trinajstić information content (AvgIpc) is 3.30. The van der Waals surface area contributed by atoms with E-state index in [2.05, 4.69) is 20.3 Å². The smallest absolute Gasteiger partial charge is 0.340 e. The van der Waals surface area contributed by atoms with Crippen LogP contribution in [0.25, 0.3) is 11.0 Å². The number of hydrogen-bond donors (Lipinski definition) is 3. The lowest BCUT2D eigenvalue weighted by atomic mass is 9.80. The van der Waals surface area contributed by atoms with Crippen molar-refractivity contribution in [3.63, 3.8) is 0 Å². The zero-order valence-electron chi connectivity index (χ0n) is 19.9. The van der Waals surface area contributed by atoms with Crippen LogP contribution in [0.1, 0.15) is 22.4 Å². The molecule has 0 aliphatic carbocycles. The molecule has 198 valence electrons. The van der Waals surface area contributed by atoms with E-state index in [4.69, 9.17) is 11.6 Å². The van der Waals surface area contributed by atoms with Crippen molar-refractivity contribution in [3.05, 3.63) is 123 Å². The van der Waals surface area contributed by atoms with Crippen LogP contribution in [0.3, 0.4) is 0 Å². The number of halogens is 5. The number of nitrogens with one attached hydrogen (secondary N) is 2. The van der Waals surface area contributed by atoms with Crippen LogP contribution >= 0.6 is 11.6 Å². The lowest BCUT2D eigenvalue weighted by molar-refractivity contribution is -0.728. The molecule has 0 saturated heterocycles. The lowest BCUT2D eigenvalue weighted by Crippen LogP contribution is -2.40. The van der Waals surface area contributed by atoms with Crippen LogP contribution in [0.2, 0.25) is 5.02 Å². The van der Waals surface area contributed by atoms with Gasteiger partial charge >= 0.3 is 11.9 Å². The molecule has 0 radical (unpaired) electrons. The molecule has 0 saturated carbocycles. The Labute approximate surface area is 223 Å². The highest BCUT2D eigenvalue weighted by atomic mass is 35.5. The molecule has 39 heavy (non-hydrogen) atoms. The van der Waals surface area contributed by atoms with Gasteiger partial charge in [0.15, 0.2) is 5.52 Å². The van der Waals surface area contributed by atoms with E-state index < -0.39 is 23.1 Å². The molecule has 0 aliphatic rings. The summed E-state index contributed by atoms with van der Waals surface area (Å²) in [4.78, 5) is 23.1. The lowest BCUT2D eigenvalue weighted by Gasteiger charge is -2.35. The molecule has 0 amide bonds. The first-order valence-corrected chi connectivity index (χ1v) is 11.9. The molecular formula is C27H19ClF4N5O2+. The van der Waals surface area contributed by atoms with Crippen LogP contribution in [0.4, 0.5) is 29.2 Å². The number of benzene rings is 3. The number of aromatic amines is 1. The van der Waals surface area contributed by atoms with Crippen LogP contribution in [0.15, 0.2) is 85.1 Å². The van der Waals surface area contributed by atoms with E-state index in [-0.39, 0.29) is 50.3 Å². The van der Waals surface area contributed by atoms with Gasteiger partial charge in [0.05, 0.1) is 26.7 Å². The van der Waals surface area contributed by atoms with Crippen LogP contribution in [-0.2, 0) is 18.1 Å². The van der Waals surface area contributed by atoms with Gasteiger partial charge in [0.1, 0.15) is 11.4 Å². The molecule has 0 bridgehead atoms. The summed E-state index contributed by atoms with van der Waals surface area (Å²) in [5.41, 5.74) is -1.63. The quantitative estimate of drug-likeness (QED) is 0.146. The number of imidazole rings is 1. The van der Waals surface area contributed by atoms with Crippen LogP contribution in [0, 0.1) is 10.7 Å². The van der Waals surface area contributed by atoms with E-state index in [0.29, 0.717) is 11.6 Å². The molecule has 12 heteroatoms. The van der Waals surface area contributed by atoms with Gasteiger partial charge < -0.3 is 10.3 Å². The zero-order chi connectivity index (χ0) is 27.8. The van der Waals surface area contributed by atoms with Gasteiger partial charge in [-0.05, 0) is 47.5 Å². The minimum absolute atomic E-state index is 0.0147. The number of fused-ring (bicyclic) bond motifs is 1. The fourth-order valence-electron chi connectivity index (χ4n) is 4.49. The summed E-state index contributed by atoms with van der Waals surface area (Å²) in [6, 6.07) is 18.6. The Morgan fingerprint density at radius 3 is 2.38 bits per heavy atom. The second-order valence-corrected chi connectivity index (χ2v) is 9.25. The fourth-order valence-corrected chi connectivity index (χ4v) is 4.60. The number of anilines is 1. The van der Waals surface area contributed by atoms with Crippen molar-refractivity contribution in [1.82, 2.24) is 15.0 Å². The van der Waals surface area contributed by atoms with Gasteiger partial charge in [-0.25, -0.2) is 14.6 Å². The Bertz CT molecular complexity index is 1660. The Kier molecular flexibility index (Phi) is 6.69. The Morgan fingerprint density at radius 2 is 1.72 bits per heavy atom. The topological polar surface area (TPSA) is 93.9 Å². The average molecular weight is 557 g/mol. The van der Waals surface area contributed by atoms with E-state index in [0.717, 1.165) is 12.1 Å². The van der Waals surface area contributed by atoms with Crippen LogP contribution in [0.5, 0.6) is 0 Å². The number of hydrogen-bond acceptors (Lipinski definition) is 4. The van der Waals surface area contributed by atoms with Crippen molar-refractivity contribution in [2.24, 2.45) is 0 Å². The molecule has 7 nitrogen and oxygen atoms in total. The van der Waals surface area contributed by atoms with E-state index in [1.54, 1.807) is 36.4 Å². The van der Waals surface area contributed by atoms with Gasteiger partial charge in [-0.3, -0.25) is 4.98 Å². The third-order valence-electron chi connectivity index (χ3n) is 6.23. The normalized spacial score (nSPS) is 13.3. The first kappa shape index (κ1) is 26.1. The highest BCUT2D eigenvalue weighted by Crippen LogP contribution is 2.40. The first-order chi connectivity index (χ1) is 18.5. The molecule has 0 unspecified atom stereocenters. The summed E-state index contributed by atoms with van der Waals surface area (Å²) in [5.74, 6) is -1.06. The maximum absolute atomic E-state index is 14.8. The number of rotatable bonds is 7. The molecule has 2 aromatic heterocycles. The van der Waals surface area contributed by atoms with E-state index >= 15 is 0 Å². The SMILES string of the molecule is O=[N+](O)c1cccc2nc(N[C@](Cc3ccccc3)(c3cc(F)cc(C(F)(F)F)c3)c3ccc(Cl)cn3)[nH]c12. The Hall–Kier alpha value is -4.51. The molecule has 1 atom stereocenters. The van der Waals surface area contributed by atoms with E-state index in [1.165, 1.54) is 30.5 Å². The number of alkyl halides is 3. The van der Waals surface area contributed by atoms with Gasteiger partial charge in [-0.1, -0.05) is 48.0 Å². The van der Waals surface area contributed by atoms with E-state index in [1.807, 2.05) is 0 Å². The third-order valence-corrected chi connectivity index (χ3v) is 6.45. The fraction of sp³-hybridized carbons (Fsp3) is 0.111. The standard InChI is InChI=1S/C27H19ClF4N5O2/c28-19-9-10-23(33-15-19)26(14-16-5-2-1-3-6-16,17-11-18(27(30,31)32)13-20(29)12-17)36-25-34-21-7-4-8-22(37(38)39)24(21)35-25/h1-13,15H,14H2,(H,38,39)(H2,34,35,36)/q+1/t26-/m1/s1. The van der Waals surface area contributed by atoms with Gasteiger partial charge in [-0.15, -0.1) is 0 Å². The molecule has 2 heterocycles. The maximum atomic E-state index is 14.8. The summed E-state index contributed by atoms with van der Waals surface area (Å²) in [7, 11) is 0. The van der Waals surface area contributed by atoms with Gasteiger partial charge in [0, 0.05) is 18.7 Å². The number of aromatic nitrogens is 3. The second kappa shape index (κ2) is 9.99. The molecule has 0 fully saturated rings. The summed E-state index contributed by atoms with van der Waals surface area (Å²) in [6.07, 6.45) is -3.48. The Morgan fingerprint density at radius 1 is 0.974 bits per heavy atom. The van der Waals surface area contributed by atoms with Crippen molar-refractivity contribution in [2.45, 2.75) is 18.1 Å². The monoisotopic (exact) mass is 556 g/mol. The van der Waals surface area contributed by atoms with E-state index in [9.17, 15) is 27.7 Å². The van der Waals surface area contributed by atoms with Crippen molar-refractivity contribution in [1.29, 1.82) is 0 Å². The minimum Gasteiger partial charge on any atom is -0.340 e. The largest absolute Gasteiger partial charge is 0.416 e. The summed E-state index contributed by atoms with van der Waals surface area (Å²) in [6.45, 7) is 0. The predicted octanol–water partition coefficient (Wildman–Crippen LogP) is 7.17. The van der Waals surface area contributed by atoms with Crippen molar-refractivity contribution in [2.75, 3.05) is 5.32 Å². The molecule has 5 rings (SSSR count). The number of para-hydroxylation sites is 1. The summed E-state index contributed by atoms with van der Waals surface area (Å²) in [5, 5.41) is 12.9. The molecular weight excluding hydrogens is 538 g/mol. The van der Waals surface area contributed by atoms with Crippen LogP contribution < -0.4 is 5.32 Å². The predicted molar refractivity (Wildman–Crippen MR) is 136 cm³/mol. The maximum Gasteiger partial charge on any atom is 0.416 e. The Balaban J connectivity index is 1.79. The molecule has 3 N–H and O–H groups in total. The molecule has 5 aromatic rings. The number of H-pyrrole nitrogens is 1. The minimum atomic E-state index is -4.82. The van der Waals surface area contributed by atoms with Gasteiger partial charge in [0.25, 0.3) is 4.92 Å². The molecule has 0 spiro atoms. The third kappa shape index (κ3) is 5.26. The van der Waals surface area contributed by atoms with Gasteiger partial charge in [-0.2, -0.15) is 13.2 Å². The van der Waals surface area contributed by atoms with Crippen LogP contribution in [-0.4, -0.2) is 25.1 Å². The highest BCUT2D eigenvalue weighted by molar-refractivity contribution is 6.30. The highest BCUT2D eigenvalue weighted by Gasteiger charge is 2.40. The van der Waals surface area contributed by atoms with Crippen molar-refractivity contribution < 1.29 is 27.7 Å².